The Bertz CT molecular complexity index is 4260. The maximum absolute atomic E-state index is 11.7. The number of nitrogens with zero attached hydrogens (tertiary/aromatic N) is 3. The van der Waals surface area contributed by atoms with E-state index in [4.69, 9.17) is 23.7 Å². The van der Waals surface area contributed by atoms with Crippen LogP contribution in [0.3, 0.4) is 0 Å². The van der Waals surface area contributed by atoms with Crippen LogP contribution in [0.2, 0.25) is 0 Å². The molecule has 0 saturated carbocycles. The fraction of sp³-hybridized carbons (Fsp3) is 0.169. The van der Waals surface area contributed by atoms with Gasteiger partial charge in [0.15, 0.2) is 0 Å². The highest BCUT2D eigenvalue weighted by atomic mass is 16.6. The highest BCUT2D eigenvalue weighted by molar-refractivity contribution is 6.34. The maximum atomic E-state index is 11.7. The van der Waals surface area contributed by atoms with E-state index in [0.29, 0.717) is 24.5 Å². The number of rotatable bonds is 28. The molecule has 11 rings (SSSR count). The van der Waals surface area contributed by atoms with Crippen LogP contribution in [0.25, 0.3) is 0 Å². The summed E-state index contributed by atoms with van der Waals surface area (Å²) in [5.74, 6) is -0.341. The molecule has 0 aliphatic heterocycles. The predicted octanol–water partition coefficient (Wildman–Crippen LogP) is 20.9. The van der Waals surface area contributed by atoms with Crippen molar-refractivity contribution in [2.45, 2.75) is 85.9 Å². The topological polar surface area (TPSA) is 124 Å². The van der Waals surface area contributed by atoms with Crippen molar-refractivity contribution in [3.63, 3.8) is 0 Å². The Balaban J connectivity index is 0.000000178. The van der Waals surface area contributed by atoms with Crippen LogP contribution < -0.4 is 28.9 Å². The molecular weight excluding hydrogens is 1250 g/mol. The Morgan fingerprint density at radius 2 is 0.634 bits per heavy atom. The van der Waals surface area contributed by atoms with Crippen molar-refractivity contribution in [3.05, 3.63) is 349 Å². The summed E-state index contributed by atoms with van der Waals surface area (Å²) in [6.07, 6.45) is 4.38. The number of hydrogen-bond acceptors (Lipinski definition) is 12. The smallest absolute Gasteiger partial charge is 0.379 e. The molecule has 11 aromatic rings. The number of hydrogen-bond donors (Lipinski definition) is 0. The number of Topliss-reactive ketones (excluding diaryl/α,β-unsaturated/α-hetero) is 1. The van der Waals surface area contributed by atoms with Gasteiger partial charge < -0.3 is 38.4 Å². The molecule has 512 valence electrons. The Morgan fingerprint density at radius 3 is 0.931 bits per heavy atom. The van der Waals surface area contributed by atoms with E-state index in [2.05, 4.69) is 260 Å². The zero-order chi connectivity index (χ0) is 71.3. The molecule has 0 heterocycles. The minimum atomic E-state index is -0.829. The first-order chi connectivity index (χ1) is 49.1. The molecule has 11 aromatic carbocycles. The second-order valence-electron chi connectivity index (χ2n) is 24.4. The average molecular weight is 1340 g/mol. The van der Waals surface area contributed by atoms with E-state index in [0.717, 1.165) is 94.4 Å². The summed E-state index contributed by atoms with van der Waals surface area (Å²) in [6, 6.07) is 99.2. The molecule has 0 saturated heterocycles. The Morgan fingerprint density at radius 1 is 0.366 bits per heavy atom. The molecule has 0 spiro atoms. The van der Waals surface area contributed by atoms with E-state index in [1.54, 1.807) is 39.8 Å². The van der Waals surface area contributed by atoms with E-state index in [1.165, 1.54) is 33.4 Å². The van der Waals surface area contributed by atoms with Gasteiger partial charge in [-0.15, -0.1) is 0 Å². The Kier molecular flexibility index (Phi) is 27.3. The van der Waals surface area contributed by atoms with Crippen LogP contribution >= 0.6 is 0 Å². The van der Waals surface area contributed by atoms with Crippen LogP contribution in [0.1, 0.15) is 67.5 Å². The molecule has 0 aliphatic rings. The van der Waals surface area contributed by atoms with Gasteiger partial charge in [0.1, 0.15) is 42.7 Å². The number of para-hydroxylation sites is 4. The van der Waals surface area contributed by atoms with Gasteiger partial charge in [-0.05, 0) is 228 Å². The van der Waals surface area contributed by atoms with Gasteiger partial charge in [-0.1, -0.05) is 177 Å². The standard InChI is InChI=1S/C33H33NO3.C32H31NO3.C24H23NO3/c1-25(2)33(35)37-26(3)24-36-32-22-18-28(19-23-32)15-14-27-16-20-31(21-17-27)34(29-10-6-4-7-11-29)30-12-8-5-9-13-30;1-3-32(34)36-25(2)24-35-31-22-18-27(19-23-31)15-14-26-16-20-30(21-17-26)33(28-10-6-4-7-11-28)29-12-8-5-9-13-29;1-4-23(26)24(27)28-22-15-13-21(14-16-22)25(19-9-5-17(2)6-10-19)20-11-7-18(3)8-12-20/h4-13,16-23,26H,1,14-15,24H2,2-3H3;3-13,16-23,25H,1,14-15,24H2,2H3;5-16H,4H2,1-3H3. The van der Waals surface area contributed by atoms with E-state index in [-0.39, 0.29) is 18.6 Å². The first-order valence-electron chi connectivity index (χ1n) is 34.0. The third-order valence-corrected chi connectivity index (χ3v) is 16.2. The fourth-order valence-electron chi connectivity index (χ4n) is 10.7. The largest absolute Gasteiger partial charge is 0.490 e. The number of esters is 3. The number of carbonyl (C=O) groups is 4. The van der Waals surface area contributed by atoms with Crippen LogP contribution in [0, 0.1) is 13.8 Å². The van der Waals surface area contributed by atoms with Crippen molar-refractivity contribution in [1.82, 2.24) is 0 Å². The van der Waals surface area contributed by atoms with Gasteiger partial charge in [0, 0.05) is 69.3 Å². The van der Waals surface area contributed by atoms with E-state index in [1.807, 2.05) is 60.7 Å². The molecule has 12 heteroatoms. The van der Waals surface area contributed by atoms with Crippen molar-refractivity contribution in [2.75, 3.05) is 27.9 Å². The van der Waals surface area contributed by atoms with Gasteiger partial charge in [-0.25, -0.2) is 14.4 Å². The molecule has 0 aromatic heterocycles. The molecular formula is C89H87N3O9. The normalized spacial score (nSPS) is 11.1. The first kappa shape index (κ1) is 73.2. The third kappa shape index (κ3) is 22.5. The summed E-state index contributed by atoms with van der Waals surface area (Å²) in [4.78, 5) is 52.6. The van der Waals surface area contributed by atoms with Crippen LogP contribution in [0.4, 0.5) is 51.2 Å². The minimum absolute atomic E-state index is 0.130. The summed E-state index contributed by atoms with van der Waals surface area (Å²) >= 11 is 0. The van der Waals surface area contributed by atoms with Crippen molar-refractivity contribution in [3.8, 4) is 17.2 Å². The molecule has 0 aliphatic carbocycles. The quantitative estimate of drug-likeness (QED) is 0.0201. The fourth-order valence-corrected chi connectivity index (χ4v) is 10.7. The third-order valence-electron chi connectivity index (χ3n) is 16.2. The van der Waals surface area contributed by atoms with Crippen LogP contribution in [0.5, 0.6) is 17.2 Å². The molecule has 0 amide bonds. The lowest BCUT2D eigenvalue weighted by molar-refractivity contribution is -0.146. The number of ether oxygens (including phenoxy) is 5. The molecule has 0 N–H and O–H groups in total. The SMILES string of the molecule is C=C(C)C(=O)OC(C)COc1ccc(CCc2ccc(N(c3ccccc3)c3ccccc3)cc2)cc1.C=CC(=O)OC(C)COc1ccc(CCc2ccc(N(c3ccccc3)c3ccccc3)cc2)cc1.CCC(=O)C(=O)Oc1ccc(N(c2ccc(C)cc2)c2ccc(C)cc2)cc1. The highest BCUT2D eigenvalue weighted by Gasteiger charge is 2.19. The number of aryl methyl sites for hydroxylation is 6. The second kappa shape index (κ2) is 37.6. The van der Waals surface area contributed by atoms with Gasteiger partial charge in [0.25, 0.3) is 0 Å². The lowest BCUT2D eigenvalue weighted by atomic mass is 10.0. The van der Waals surface area contributed by atoms with Gasteiger partial charge in [0.2, 0.25) is 5.78 Å². The lowest BCUT2D eigenvalue weighted by Crippen LogP contribution is -2.22. The van der Waals surface area contributed by atoms with Crippen molar-refractivity contribution < 1.29 is 42.9 Å². The first-order valence-corrected chi connectivity index (χ1v) is 34.0. The molecule has 12 nitrogen and oxygen atoms in total. The highest BCUT2D eigenvalue weighted by Crippen LogP contribution is 2.38. The van der Waals surface area contributed by atoms with Crippen molar-refractivity contribution in [2.24, 2.45) is 0 Å². The van der Waals surface area contributed by atoms with Crippen LogP contribution in [-0.4, -0.2) is 49.1 Å². The summed E-state index contributed by atoms with van der Waals surface area (Å²) in [6.45, 7) is 18.6. The average Bonchev–Trinajstić information content (AvgIpc) is 0.828. The monoisotopic (exact) mass is 1340 g/mol. The predicted molar refractivity (Wildman–Crippen MR) is 409 cm³/mol. The van der Waals surface area contributed by atoms with E-state index >= 15 is 0 Å². The minimum Gasteiger partial charge on any atom is -0.490 e. The number of ketones is 1. The lowest BCUT2D eigenvalue weighted by Gasteiger charge is -2.25. The Labute approximate surface area is 595 Å². The molecule has 2 unspecified atom stereocenters. The van der Waals surface area contributed by atoms with Crippen molar-refractivity contribution >= 4 is 74.9 Å². The molecule has 2 atom stereocenters. The molecule has 0 bridgehead atoms. The van der Waals surface area contributed by atoms with E-state index in [9.17, 15) is 19.2 Å². The molecule has 0 fully saturated rings. The Hall–Kier alpha value is -12.0. The van der Waals surface area contributed by atoms with Gasteiger partial charge in [-0.2, -0.15) is 0 Å². The molecule has 0 radical (unpaired) electrons. The second-order valence-corrected chi connectivity index (χ2v) is 24.4. The number of carbonyl (C=O) groups excluding carboxylic acids is 4. The van der Waals surface area contributed by atoms with Crippen molar-refractivity contribution in [1.29, 1.82) is 0 Å². The number of anilines is 9. The zero-order valence-electron chi connectivity index (χ0n) is 58.3. The van der Waals surface area contributed by atoms with Gasteiger partial charge >= 0.3 is 17.9 Å². The zero-order valence-corrected chi connectivity index (χ0v) is 58.3. The van der Waals surface area contributed by atoms with Gasteiger partial charge in [0.05, 0.1) is 0 Å². The number of benzene rings is 11. The van der Waals surface area contributed by atoms with Gasteiger partial charge in [-0.3, -0.25) is 4.79 Å². The summed E-state index contributed by atoms with van der Waals surface area (Å²) in [5.41, 5.74) is 17.6. The molecule has 101 heavy (non-hydrogen) atoms. The van der Waals surface area contributed by atoms with E-state index < -0.39 is 23.7 Å². The maximum Gasteiger partial charge on any atom is 0.379 e. The summed E-state index contributed by atoms with van der Waals surface area (Å²) in [5, 5.41) is 0. The van der Waals surface area contributed by atoms with Crippen LogP contribution in [0.15, 0.2) is 316 Å². The summed E-state index contributed by atoms with van der Waals surface area (Å²) < 4.78 is 27.0. The summed E-state index contributed by atoms with van der Waals surface area (Å²) in [7, 11) is 0. The van der Waals surface area contributed by atoms with Crippen LogP contribution in [-0.2, 0) is 54.3 Å².